The van der Waals surface area contributed by atoms with Crippen molar-refractivity contribution in [3.63, 3.8) is 0 Å². The number of nitrogens with zero attached hydrogens (tertiary/aromatic N) is 2. The number of hydrogen-bond acceptors (Lipinski definition) is 4. The highest BCUT2D eigenvalue weighted by molar-refractivity contribution is 6.06. The van der Waals surface area contributed by atoms with Crippen LogP contribution in [0.25, 0.3) is 0 Å². The zero-order chi connectivity index (χ0) is 21.8. The Kier molecular flexibility index (Phi) is 6.40. The summed E-state index contributed by atoms with van der Waals surface area (Å²) in [5.74, 6) is -0.292. The van der Waals surface area contributed by atoms with E-state index in [1.807, 2.05) is 45.9 Å². The van der Waals surface area contributed by atoms with E-state index in [2.05, 4.69) is 5.32 Å². The molecule has 1 aliphatic rings. The van der Waals surface area contributed by atoms with Gasteiger partial charge in [-0.3, -0.25) is 19.3 Å². The van der Waals surface area contributed by atoms with Crippen molar-refractivity contribution in [3.8, 4) is 5.75 Å². The summed E-state index contributed by atoms with van der Waals surface area (Å²) in [6.45, 7) is 8.60. The van der Waals surface area contributed by atoms with E-state index >= 15 is 0 Å². The Balaban J connectivity index is 1.84. The summed E-state index contributed by atoms with van der Waals surface area (Å²) in [6.07, 6.45) is 0. The molecular weight excluding hydrogens is 382 g/mol. The first-order valence-corrected chi connectivity index (χ1v) is 10.1. The second-order valence-corrected chi connectivity index (χ2v) is 7.30. The minimum absolute atomic E-state index is 0.125. The molecule has 0 bridgehead atoms. The number of anilines is 2. The number of carbonyl (C=O) groups excluding carboxylic acids is 3. The summed E-state index contributed by atoms with van der Waals surface area (Å²) in [5, 5.41) is 2.86. The lowest BCUT2D eigenvalue weighted by molar-refractivity contribution is -0.123. The van der Waals surface area contributed by atoms with E-state index in [9.17, 15) is 14.4 Å². The van der Waals surface area contributed by atoms with Gasteiger partial charge in [-0.1, -0.05) is 17.7 Å². The maximum absolute atomic E-state index is 12.7. The smallest absolute Gasteiger partial charge is 0.265 e. The van der Waals surface area contributed by atoms with Gasteiger partial charge >= 0.3 is 0 Å². The van der Waals surface area contributed by atoms with Crippen molar-refractivity contribution in [2.45, 2.75) is 27.7 Å². The summed E-state index contributed by atoms with van der Waals surface area (Å²) in [6, 6.07) is 10.7. The van der Waals surface area contributed by atoms with Crippen molar-refractivity contribution >= 4 is 29.1 Å². The maximum atomic E-state index is 12.7. The van der Waals surface area contributed by atoms with E-state index in [1.54, 1.807) is 23.1 Å². The van der Waals surface area contributed by atoms with E-state index < -0.39 is 0 Å². The van der Waals surface area contributed by atoms with Gasteiger partial charge in [-0.05, 0) is 57.5 Å². The molecule has 2 aromatic rings. The number of benzene rings is 2. The largest absolute Gasteiger partial charge is 0.482 e. The first-order valence-electron chi connectivity index (χ1n) is 10.1. The molecule has 30 heavy (non-hydrogen) atoms. The molecule has 2 aromatic carbocycles. The molecule has 0 spiro atoms. The number of aryl methyl sites for hydroxylation is 2. The van der Waals surface area contributed by atoms with Crippen LogP contribution in [0.2, 0.25) is 0 Å². The zero-order valence-corrected chi connectivity index (χ0v) is 17.8. The van der Waals surface area contributed by atoms with Crippen LogP contribution in [0.1, 0.15) is 35.3 Å². The number of hydrogen-bond donors (Lipinski definition) is 1. The molecule has 0 radical (unpaired) electrons. The standard InChI is InChI=1S/C23H27N3O4/c1-5-25(6-2)23(29)17-8-10-20-19(12-17)26(22(28)14-30-20)13-21(27)24-18-9-7-15(3)11-16(18)4/h7-12H,5-6,13-14H2,1-4H3,(H,24,27). The maximum Gasteiger partial charge on any atom is 0.265 e. The van der Waals surface area contributed by atoms with Crippen molar-refractivity contribution in [2.75, 3.05) is 36.5 Å². The van der Waals surface area contributed by atoms with Gasteiger partial charge in [0, 0.05) is 24.3 Å². The first-order chi connectivity index (χ1) is 14.3. The minimum Gasteiger partial charge on any atom is -0.482 e. The second kappa shape index (κ2) is 8.98. The lowest BCUT2D eigenvalue weighted by Crippen LogP contribution is -2.43. The summed E-state index contributed by atoms with van der Waals surface area (Å²) >= 11 is 0. The Morgan fingerprint density at radius 3 is 2.50 bits per heavy atom. The molecule has 0 saturated heterocycles. The normalized spacial score (nSPS) is 12.8. The van der Waals surface area contributed by atoms with Gasteiger partial charge in [0.2, 0.25) is 5.91 Å². The van der Waals surface area contributed by atoms with Crippen LogP contribution in [0, 0.1) is 13.8 Å². The van der Waals surface area contributed by atoms with Gasteiger partial charge in [-0.25, -0.2) is 0 Å². The van der Waals surface area contributed by atoms with Gasteiger partial charge in [0.05, 0.1) is 5.69 Å². The van der Waals surface area contributed by atoms with Gasteiger partial charge in [0.1, 0.15) is 12.3 Å². The SMILES string of the molecule is CCN(CC)C(=O)c1ccc2c(c1)N(CC(=O)Nc1ccc(C)cc1C)C(=O)CO2. The molecule has 1 N–H and O–H groups in total. The third-order valence-corrected chi connectivity index (χ3v) is 5.16. The number of carbonyl (C=O) groups is 3. The van der Waals surface area contributed by atoms with E-state index in [-0.39, 0.29) is 30.9 Å². The van der Waals surface area contributed by atoms with Crippen LogP contribution >= 0.6 is 0 Å². The average molecular weight is 409 g/mol. The van der Waals surface area contributed by atoms with Crippen LogP contribution in [0.4, 0.5) is 11.4 Å². The molecule has 0 aromatic heterocycles. The monoisotopic (exact) mass is 409 g/mol. The molecular formula is C23H27N3O4. The van der Waals surface area contributed by atoms with E-state index in [0.717, 1.165) is 11.1 Å². The fraction of sp³-hybridized carbons (Fsp3) is 0.348. The fourth-order valence-electron chi connectivity index (χ4n) is 3.49. The Morgan fingerprint density at radius 1 is 1.10 bits per heavy atom. The Hall–Kier alpha value is -3.35. The Labute approximate surface area is 176 Å². The third-order valence-electron chi connectivity index (χ3n) is 5.16. The zero-order valence-electron chi connectivity index (χ0n) is 17.8. The van der Waals surface area contributed by atoms with Crippen molar-refractivity contribution in [1.29, 1.82) is 0 Å². The van der Waals surface area contributed by atoms with Crippen LogP contribution in [0.5, 0.6) is 5.75 Å². The molecule has 7 heteroatoms. The fourth-order valence-corrected chi connectivity index (χ4v) is 3.49. The predicted molar refractivity (Wildman–Crippen MR) is 116 cm³/mol. The second-order valence-electron chi connectivity index (χ2n) is 7.30. The summed E-state index contributed by atoms with van der Waals surface area (Å²) in [5.41, 5.74) is 3.64. The number of ether oxygens (including phenoxy) is 1. The molecule has 3 rings (SSSR count). The van der Waals surface area contributed by atoms with Crippen LogP contribution in [-0.2, 0) is 9.59 Å². The average Bonchev–Trinajstić information content (AvgIpc) is 2.72. The number of nitrogens with one attached hydrogen (secondary N) is 1. The molecule has 0 atom stereocenters. The van der Waals surface area contributed by atoms with Gasteiger partial charge < -0.3 is 15.0 Å². The predicted octanol–water partition coefficient (Wildman–Crippen LogP) is 3.15. The Morgan fingerprint density at radius 2 is 1.83 bits per heavy atom. The van der Waals surface area contributed by atoms with Crippen molar-refractivity contribution in [1.82, 2.24) is 4.90 Å². The molecule has 0 saturated carbocycles. The van der Waals surface area contributed by atoms with Crippen LogP contribution in [0.3, 0.4) is 0 Å². The van der Waals surface area contributed by atoms with E-state index in [4.69, 9.17) is 4.74 Å². The topological polar surface area (TPSA) is 79.0 Å². The molecule has 3 amide bonds. The van der Waals surface area contributed by atoms with Gasteiger partial charge in [-0.15, -0.1) is 0 Å². The highest BCUT2D eigenvalue weighted by atomic mass is 16.5. The number of fused-ring (bicyclic) bond motifs is 1. The van der Waals surface area contributed by atoms with Gasteiger partial charge in [-0.2, -0.15) is 0 Å². The van der Waals surface area contributed by atoms with Gasteiger partial charge in [0.15, 0.2) is 6.61 Å². The summed E-state index contributed by atoms with van der Waals surface area (Å²) < 4.78 is 5.50. The van der Waals surface area contributed by atoms with Crippen molar-refractivity contribution < 1.29 is 19.1 Å². The Bertz CT molecular complexity index is 982. The molecule has 1 heterocycles. The lowest BCUT2D eigenvalue weighted by atomic mass is 10.1. The summed E-state index contributed by atoms with van der Waals surface area (Å²) in [4.78, 5) is 41.0. The molecule has 7 nitrogen and oxygen atoms in total. The van der Waals surface area contributed by atoms with Crippen molar-refractivity contribution in [3.05, 3.63) is 53.1 Å². The highest BCUT2D eigenvalue weighted by Gasteiger charge is 2.29. The lowest BCUT2D eigenvalue weighted by Gasteiger charge is -2.29. The first kappa shape index (κ1) is 21.4. The highest BCUT2D eigenvalue weighted by Crippen LogP contribution is 2.33. The number of rotatable bonds is 6. The quantitative estimate of drug-likeness (QED) is 0.795. The van der Waals surface area contributed by atoms with Crippen molar-refractivity contribution in [2.24, 2.45) is 0 Å². The molecule has 0 aliphatic carbocycles. The molecule has 158 valence electrons. The van der Waals surface area contributed by atoms with Gasteiger partial charge in [0.25, 0.3) is 11.8 Å². The summed E-state index contributed by atoms with van der Waals surface area (Å²) in [7, 11) is 0. The van der Waals surface area contributed by atoms with Crippen LogP contribution in [-0.4, -0.2) is 48.9 Å². The molecule has 1 aliphatic heterocycles. The molecule has 0 fully saturated rings. The van der Waals surface area contributed by atoms with Crippen LogP contribution in [0.15, 0.2) is 36.4 Å². The minimum atomic E-state index is -0.328. The number of amides is 3. The molecule has 0 unspecified atom stereocenters. The van der Waals surface area contributed by atoms with Crippen LogP contribution < -0.4 is 15.0 Å². The third kappa shape index (κ3) is 4.45. The van der Waals surface area contributed by atoms with E-state index in [1.165, 1.54) is 4.90 Å². The van der Waals surface area contributed by atoms with E-state index in [0.29, 0.717) is 35.8 Å².